The molecule has 21 heavy (non-hydrogen) atoms. The molecule has 0 unspecified atom stereocenters. The molecule has 0 bridgehead atoms. The molecule has 0 saturated heterocycles. The normalized spacial score (nSPS) is 14.4. The average Bonchev–Trinajstić information content (AvgIpc) is 2.71. The lowest BCUT2D eigenvalue weighted by Gasteiger charge is -2.07. The third kappa shape index (κ3) is 2.97. The van der Waals surface area contributed by atoms with Gasteiger partial charge >= 0.3 is 0 Å². The number of halogens is 2. The van der Waals surface area contributed by atoms with Crippen LogP contribution in [0, 0.1) is 11.6 Å². The number of nitrogens with one attached hydrogen (secondary N) is 1. The molecule has 0 atom stereocenters. The van der Waals surface area contributed by atoms with E-state index in [1.165, 1.54) is 17.4 Å². The Bertz CT molecular complexity index is 681. The highest BCUT2D eigenvalue weighted by atomic mass is 32.1. The maximum absolute atomic E-state index is 13.6. The van der Waals surface area contributed by atoms with Crippen LogP contribution < -0.4 is 5.32 Å². The molecule has 110 valence electrons. The van der Waals surface area contributed by atoms with Crippen molar-refractivity contribution < 1.29 is 13.6 Å². The fourth-order valence-electron chi connectivity index (χ4n) is 2.64. The molecule has 5 heteroatoms. The number of benzene rings is 1. The van der Waals surface area contributed by atoms with Crippen molar-refractivity contribution >= 4 is 22.9 Å². The van der Waals surface area contributed by atoms with E-state index in [9.17, 15) is 13.6 Å². The van der Waals surface area contributed by atoms with E-state index in [4.69, 9.17) is 0 Å². The van der Waals surface area contributed by atoms with Gasteiger partial charge in [-0.3, -0.25) is 4.79 Å². The summed E-state index contributed by atoms with van der Waals surface area (Å²) in [6.45, 7) is 0. The van der Waals surface area contributed by atoms with Crippen LogP contribution >= 0.6 is 11.3 Å². The summed E-state index contributed by atoms with van der Waals surface area (Å²) in [7, 11) is 0. The summed E-state index contributed by atoms with van der Waals surface area (Å²) in [5.41, 5.74) is 1.73. The van der Waals surface area contributed by atoms with Gasteiger partial charge in [-0.1, -0.05) is 6.42 Å². The molecule has 0 fully saturated rings. The van der Waals surface area contributed by atoms with Crippen LogP contribution in [0.3, 0.4) is 0 Å². The van der Waals surface area contributed by atoms with Crippen LogP contribution in [0.15, 0.2) is 23.6 Å². The maximum atomic E-state index is 13.6. The van der Waals surface area contributed by atoms with Gasteiger partial charge in [0.15, 0.2) is 0 Å². The number of carbonyl (C=O) groups excluding carboxylic acids is 1. The molecular formula is C16H15F2NOS. The van der Waals surface area contributed by atoms with Gasteiger partial charge < -0.3 is 5.32 Å². The van der Waals surface area contributed by atoms with E-state index in [0.29, 0.717) is 5.56 Å². The number of anilines is 1. The zero-order valence-corrected chi connectivity index (χ0v) is 12.2. The molecule has 1 N–H and O–H groups in total. The molecule has 1 aliphatic carbocycles. The number of hydrogen-bond acceptors (Lipinski definition) is 2. The summed E-state index contributed by atoms with van der Waals surface area (Å²) in [5, 5.41) is 4.38. The lowest BCUT2D eigenvalue weighted by molar-refractivity contribution is 0.102. The van der Waals surface area contributed by atoms with Crippen LogP contribution in [0.25, 0.3) is 0 Å². The fraction of sp³-hybridized carbons (Fsp3) is 0.312. The van der Waals surface area contributed by atoms with Crippen LogP contribution in [0.5, 0.6) is 0 Å². The molecule has 1 amide bonds. The Hall–Kier alpha value is -1.75. The molecule has 1 aromatic heterocycles. The highest BCUT2D eigenvalue weighted by Gasteiger charge is 2.20. The number of rotatable bonds is 2. The van der Waals surface area contributed by atoms with Crippen molar-refractivity contribution in [1.29, 1.82) is 0 Å². The second-order valence-corrected chi connectivity index (χ2v) is 6.15. The van der Waals surface area contributed by atoms with Gasteiger partial charge in [0.25, 0.3) is 5.91 Å². The molecular weight excluding hydrogens is 292 g/mol. The first kappa shape index (κ1) is 14.2. The Morgan fingerprint density at radius 2 is 1.95 bits per heavy atom. The van der Waals surface area contributed by atoms with Crippen LogP contribution in [-0.4, -0.2) is 5.91 Å². The second kappa shape index (κ2) is 5.93. The third-order valence-electron chi connectivity index (χ3n) is 3.74. The zero-order chi connectivity index (χ0) is 14.8. The van der Waals surface area contributed by atoms with Crippen molar-refractivity contribution in [2.24, 2.45) is 0 Å². The molecule has 3 rings (SSSR count). The van der Waals surface area contributed by atoms with Gasteiger partial charge in [0.2, 0.25) is 0 Å². The number of fused-ring (bicyclic) bond motifs is 1. The Labute approximate surface area is 125 Å². The first-order chi connectivity index (χ1) is 10.1. The molecule has 2 nitrogen and oxygen atoms in total. The first-order valence-electron chi connectivity index (χ1n) is 7.01. The van der Waals surface area contributed by atoms with Crippen molar-refractivity contribution in [1.82, 2.24) is 0 Å². The molecule has 0 spiro atoms. The lowest BCUT2D eigenvalue weighted by Crippen LogP contribution is -2.14. The zero-order valence-electron chi connectivity index (χ0n) is 11.4. The molecule has 0 aliphatic heterocycles. The van der Waals surface area contributed by atoms with Gasteiger partial charge in [-0.15, -0.1) is 11.3 Å². The highest BCUT2D eigenvalue weighted by molar-refractivity contribution is 7.10. The minimum atomic E-state index is -0.760. The summed E-state index contributed by atoms with van der Waals surface area (Å²) in [5.74, 6) is -1.74. The minimum absolute atomic E-state index is 0.00923. The Morgan fingerprint density at radius 1 is 1.14 bits per heavy atom. The number of aryl methyl sites for hydroxylation is 1. The predicted octanol–water partition coefficient (Wildman–Crippen LogP) is 4.55. The Balaban J connectivity index is 1.84. The van der Waals surface area contributed by atoms with E-state index in [2.05, 4.69) is 5.32 Å². The minimum Gasteiger partial charge on any atom is -0.319 e. The summed E-state index contributed by atoms with van der Waals surface area (Å²) in [6, 6.07) is 3.14. The molecule has 1 heterocycles. The standard InChI is InChI=1S/C16H15F2NOS/c17-10-6-7-14(13(18)8-10)19-16(20)12-9-21-15-5-3-1-2-4-11(12)15/h6-9H,1-5H2,(H,19,20). The van der Waals surface area contributed by atoms with E-state index in [0.717, 1.165) is 43.4 Å². The smallest absolute Gasteiger partial charge is 0.256 e. The van der Waals surface area contributed by atoms with Crippen LogP contribution in [0.2, 0.25) is 0 Å². The largest absolute Gasteiger partial charge is 0.319 e. The van der Waals surface area contributed by atoms with Gasteiger partial charge in [0.05, 0.1) is 11.3 Å². The van der Waals surface area contributed by atoms with E-state index >= 15 is 0 Å². The third-order valence-corrected chi connectivity index (χ3v) is 4.82. The van der Waals surface area contributed by atoms with Gasteiger partial charge in [-0.05, 0) is 43.4 Å². The van der Waals surface area contributed by atoms with Crippen molar-refractivity contribution in [2.45, 2.75) is 32.1 Å². The van der Waals surface area contributed by atoms with E-state index in [-0.39, 0.29) is 11.6 Å². The van der Waals surface area contributed by atoms with E-state index in [1.807, 2.05) is 5.38 Å². The van der Waals surface area contributed by atoms with Crippen LogP contribution in [0.1, 0.15) is 40.1 Å². The van der Waals surface area contributed by atoms with E-state index in [1.54, 1.807) is 11.3 Å². The lowest BCUT2D eigenvalue weighted by atomic mass is 10.1. The Morgan fingerprint density at radius 3 is 2.76 bits per heavy atom. The van der Waals surface area contributed by atoms with Gasteiger partial charge in [-0.25, -0.2) is 8.78 Å². The molecule has 2 aromatic rings. The van der Waals surface area contributed by atoms with Crippen molar-refractivity contribution in [2.75, 3.05) is 5.32 Å². The summed E-state index contributed by atoms with van der Waals surface area (Å²) in [6.07, 6.45) is 5.32. The fourth-order valence-corrected chi connectivity index (χ4v) is 3.77. The van der Waals surface area contributed by atoms with Crippen molar-refractivity contribution in [3.05, 3.63) is 51.2 Å². The number of hydrogen-bond donors (Lipinski definition) is 1. The van der Waals surface area contributed by atoms with Gasteiger partial charge in [0.1, 0.15) is 11.6 Å². The van der Waals surface area contributed by atoms with Crippen molar-refractivity contribution in [3.63, 3.8) is 0 Å². The van der Waals surface area contributed by atoms with E-state index < -0.39 is 11.6 Å². The summed E-state index contributed by atoms with van der Waals surface area (Å²) >= 11 is 1.60. The molecule has 1 aromatic carbocycles. The monoisotopic (exact) mass is 307 g/mol. The SMILES string of the molecule is O=C(Nc1ccc(F)cc1F)c1csc2c1CCCCC2. The maximum Gasteiger partial charge on any atom is 0.256 e. The topological polar surface area (TPSA) is 29.1 Å². The van der Waals surface area contributed by atoms with Crippen LogP contribution in [0.4, 0.5) is 14.5 Å². The highest BCUT2D eigenvalue weighted by Crippen LogP contribution is 2.30. The number of carbonyl (C=O) groups is 1. The number of amides is 1. The summed E-state index contributed by atoms with van der Waals surface area (Å²) < 4.78 is 26.5. The average molecular weight is 307 g/mol. The number of thiophene rings is 1. The quantitative estimate of drug-likeness (QED) is 0.810. The molecule has 1 aliphatic rings. The predicted molar refractivity (Wildman–Crippen MR) is 79.9 cm³/mol. The molecule has 0 radical (unpaired) electrons. The Kier molecular flexibility index (Phi) is 4.01. The van der Waals surface area contributed by atoms with Crippen molar-refractivity contribution in [3.8, 4) is 0 Å². The second-order valence-electron chi connectivity index (χ2n) is 5.19. The van der Waals surface area contributed by atoms with Gasteiger partial charge in [-0.2, -0.15) is 0 Å². The van der Waals surface area contributed by atoms with Gasteiger partial charge in [0, 0.05) is 16.3 Å². The first-order valence-corrected chi connectivity index (χ1v) is 7.89. The molecule has 0 saturated carbocycles. The summed E-state index contributed by atoms with van der Waals surface area (Å²) in [4.78, 5) is 13.6. The van der Waals surface area contributed by atoms with Crippen LogP contribution in [-0.2, 0) is 12.8 Å².